The summed E-state index contributed by atoms with van der Waals surface area (Å²) in [4.78, 5) is 11.2. The van der Waals surface area contributed by atoms with Gasteiger partial charge in [-0.3, -0.25) is 9.88 Å². The zero-order valence-corrected chi connectivity index (χ0v) is 13.2. The summed E-state index contributed by atoms with van der Waals surface area (Å²) < 4.78 is 5.17. The monoisotopic (exact) mass is 280 g/mol. The van der Waals surface area contributed by atoms with E-state index in [0.29, 0.717) is 5.92 Å². The zero-order valence-electron chi connectivity index (χ0n) is 13.2. The molecule has 5 heteroatoms. The van der Waals surface area contributed by atoms with Crippen molar-refractivity contribution in [2.75, 3.05) is 38.7 Å². The Balaban J connectivity index is 2.53. The van der Waals surface area contributed by atoms with Crippen LogP contribution in [0.3, 0.4) is 0 Å². The van der Waals surface area contributed by atoms with Crippen LogP contribution in [0.5, 0.6) is 0 Å². The summed E-state index contributed by atoms with van der Waals surface area (Å²) in [6.45, 7) is 11.0. The van der Waals surface area contributed by atoms with Crippen molar-refractivity contribution in [3.63, 3.8) is 0 Å². The van der Waals surface area contributed by atoms with Gasteiger partial charge in [-0.15, -0.1) is 0 Å². The topological polar surface area (TPSA) is 50.3 Å². The van der Waals surface area contributed by atoms with Crippen LogP contribution in [0.4, 0.5) is 5.82 Å². The van der Waals surface area contributed by atoms with Gasteiger partial charge in [-0.25, -0.2) is 4.98 Å². The van der Waals surface area contributed by atoms with Crippen LogP contribution in [0.15, 0.2) is 12.4 Å². The van der Waals surface area contributed by atoms with E-state index in [9.17, 15) is 0 Å². The third kappa shape index (κ3) is 6.82. The first-order chi connectivity index (χ1) is 9.65. The minimum Gasteiger partial charge on any atom is -0.383 e. The summed E-state index contributed by atoms with van der Waals surface area (Å²) in [5.74, 6) is 1.48. The van der Waals surface area contributed by atoms with Crippen molar-refractivity contribution < 1.29 is 4.74 Å². The van der Waals surface area contributed by atoms with Crippen LogP contribution in [0.2, 0.25) is 0 Å². The fraction of sp³-hybridized carbons (Fsp3) is 0.733. The molecule has 5 nitrogen and oxygen atoms in total. The summed E-state index contributed by atoms with van der Waals surface area (Å²) in [6.07, 6.45) is 4.76. The van der Waals surface area contributed by atoms with E-state index in [0.717, 1.165) is 50.7 Å². The van der Waals surface area contributed by atoms with Gasteiger partial charge >= 0.3 is 0 Å². The Hall–Kier alpha value is -1.20. The molecule has 0 aliphatic heterocycles. The fourth-order valence-electron chi connectivity index (χ4n) is 1.98. The molecule has 1 aromatic heterocycles. The standard InChI is InChI=1S/C15H28N4O/c1-5-6-16-15-10-17-14(9-18-15)12-19(7-8-20-4)11-13(2)3/h9-10,13H,5-8,11-12H2,1-4H3,(H,16,18). The van der Waals surface area contributed by atoms with Crippen molar-refractivity contribution in [2.24, 2.45) is 5.92 Å². The number of hydrogen-bond donors (Lipinski definition) is 1. The van der Waals surface area contributed by atoms with Crippen molar-refractivity contribution in [3.8, 4) is 0 Å². The highest BCUT2D eigenvalue weighted by molar-refractivity contribution is 5.30. The number of rotatable bonds is 10. The van der Waals surface area contributed by atoms with Gasteiger partial charge in [0.25, 0.3) is 0 Å². The second-order valence-corrected chi connectivity index (χ2v) is 5.44. The lowest BCUT2D eigenvalue weighted by molar-refractivity contribution is 0.135. The van der Waals surface area contributed by atoms with Gasteiger partial charge in [0.05, 0.1) is 24.7 Å². The third-order valence-corrected chi connectivity index (χ3v) is 2.88. The summed E-state index contributed by atoms with van der Waals surface area (Å²) >= 11 is 0. The highest BCUT2D eigenvalue weighted by Crippen LogP contribution is 2.07. The van der Waals surface area contributed by atoms with Crippen molar-refractivity contribution in [1.82, 2.24) is 14.9 Å². The Bertz CT molecular complexity index is 353. The quantitative estimate of drug-likeness (QED) is 0.713. The maximum absolute atomic E-state index is 5.17. The molecule has 0 spiro atoms. The Labute approximate surface area is 122 Å². The van der Waals surface area contributed by atoms with Gasteiger partial charge in [-0.2, -0.15) is 0 Å². The van der Waals surface area contributed by atoms with E-state index in [2.05, 4.69) is 41.0 Å². The average molecular weight is 280 g/mol. The molecular weight excluding hydrogens is 252 g/mol. The van der Waals surface area contributed by atoms with E-state index in [1.807, 2.05) is 12.4 Å². The van der Waals surface area contributed by atoms with Crippen LogP contribution in [0, 0.1) is 5.92 Å². The molecule has 1 heterocycles. The largest absolute Gasteiger partial charge is 0.383 e. The number of anilines is 1. The summed E-state index contributed by atoms with van der Waals surface area (Å²) in [5.41, 5.74) is 1.00. The Morgan fingerprint density at radius 1 is 1.30 bits per heavy atom. The molecule has 0 aromatic carbocycles. The lowest BCUT2D eigenvalue weighted by Crippen LogP contribution is -2.31. The van der Waals surface area contributed by atoms with Crippen LogP contribution in [0.1, 0.15) is 32.9 Å². The van der Waals surface area contributed by atoms with Gasteiger partial charge in [-0.05, 0) is 12.3 Å². The summed E-state index contributed by atoms with van der Waals surface area (Å²) in [5, 5.41) is 3.23. The van der Waals surface area contributed by atoms with Crippen molar-refractivity contribution in [2.45, 2.75) is 33.7 Å². The van der Waals surface area contributed by atoms with Gasteiger partial charge in [0.15, 0.2) is 0 Å². The minimum atomic E-state index is 0.630. The van der Waals surface area contributed by atoms with Gasteiger partial charge in [-0.1, -0.05) is 20.8 Å². The number of ether oxygens (including phenoxy) is 1. The Kier molecular flexibility index (Phi) is 8.14. The van der Waals surface area contributed by atoms with Crippen LogP contribution in [0.25, 0.3) is 0 Å². The molecule has 0 aliphatic rings. The Morgan fingerprint density at radius 3 is 2.65 bits per heavy atom. The van der Waals surface area contributed by atoms with Gasteiger partial charge in [0.1, 0.15) is 5.82 Å². The van der Waals surface area contributed by atoms with E-state index >= 15 is 0 Å². The van der Waals surface area contributed by atoms with Crippen LogP contribution >= 0.6 is 0 Å². The SMILES string of the molecule is CCCNc1cnc(CN(CCOC)CC(C)C)cn1. The lowest BCUT2D eigenvalue weighted by Gasteiger charge is -2.23. The van der Waals surface area contributed by atoms with Crippen LogP contribution < -0.4 is 5.32 Å². The number of aromatic nitrogens is 2. The van der Waals surface area contributed by atoms with Crippen molar-refractivity contribution >= 4 is 5.82 Å². The lowest BCUT2D eigenvalue weighted by atomic mass is 10.2. The normalized spacial score (nSPS) is 11.3. The molecule has 20 heavy (non-hydrogen) atoms. The highest BCUT2D eigenvalue weighted by atomic mass is 16.5. The molecule has 1 rings (SSSR count). The first kappa shape index (κ1) is 16.9. The Morgan fingerprint density at radius 2 is 2.10 bits per heavy atom. The summed E-state index contributed by atoms with van der Waals surface area (Å²) in [6, 6.07) is 0. The molecule has 0 bridgehead atoms. The van der Waals surface area contributed by atoms with E-state index < -0.39 is 0 Å². The average Bonchev–Trinajstić information content (AvgIpc) is 2.43. The number of hydrogen-bond acceptors (Lipinski definition) is 5. The molecule has 0 saturated carbocycles. The number of nitrogens with one attached hydrogen (secondary N) is 1. The second-order valence-electron chi connectivity index (χ2n) is 5.44. The van der Waals surface area contributed by atoms with Gasteiger partial charge < -0.3 is 10.1 Å². The number of nitrogens with zero attached hydrogens (tertiary/aromatic N) is 3. The van der Waals surface area contributed by atoms with Crippen molar-refractivity contribution in [3.05, 3.63) is 18.1 Å². The predicted molar refractivity (Wildman–Crippen MR) is 82.8 cm³/mol. The molecular formula is C15H28N4O. The van der Waals surface area contributed by atoms with Crippen LogP contribution in [-0.2, 0) is 11.3 Å². The highest BCUT2D eigenvalue weighted by Gasteiger charge is 2.09. The molecule has 0 radical (unpaired) electrons. The second kappa shape index (κ2) is 9.66. The zero-order chi connectivity index (χ0) is 14.8. The predicted octanol–water partition coefficient (Wildman–Crippen LogP) is 2.40. The molecule has 1 aromatic rings. The molecule has 0 saturated heterocycles. The van der Waals surface area contributed by atoms with E-state index in [1.165, 1.54) is 0 Å². The molecule has 0 aliphatic carbocycles. The molecule has 0 amide bonds. The maximum Gasteiger partial charge on any atom is 0.144 e. The van der Waals surface area contributed by atoms with Gasteiger partial charge in [0.2, 0.25) is 0 Å². The van der Waals surface area contributed by atoms with E-state index in [-0.39, 0.29) is 0 Å². The van der Waals surface area contributed by atoms with Crippen molar-refractivity contribution in [1.29, 1.82) is 0 Å². The fourth-order valence-corrected chi connectivity index (χ4v) is 1.98. The first-order valence-corrected chi connectivity index (χ1v) is 7.41. The summed E-state index contributed by atoms with van der Waals surface area (Å²) in [7, 11) is 1.74. The van der Waals surface area contributed by atoms with Crippen LogP contribution in [-0.4, -0.2) is 48.2 Å². The first-order valence-electron chi connectivity index (χ1n) is 7.41. The molecule has 0 unspecified atom stereocenters. The maximum atomic E-state index is 5.17. The third-order valence-electron chi connectivity index (χ3n) is 2.88. The minimum absolute atomic E-state index is 0.630. The van der Waals surface area contributed by atoms with E-state index in [1.54, 1.807) is 7.11 Å². The molecule has 0 fully saturated rings. The van der Waals surface area contributed by atoms with E-state index in [4.69, 9.17) is 4.74 Å². The molecule has 0 atom stereocenters. The number of methoxy groups -OCH3 is 1. The molecule has 114 valence electrons. The molecule has 1 N–H and O–H groups in total. The smallest absolute Gasteiger partial charge is 0.144 e. The van der Waals surface area contributed by atoms with Gasteiger partial charge in [0, 0.05) is 33.3 Å².